The maximum atomic E-state index is 8.45. The molecule has 0 spiro atoms. The Balaban J connectivity index is 4.15. The van der Waals surface area contributed by atoms with Crippen LogP contribution in [0.15, 0.2) is 5.16 Å². The minimum atomic E-state index is 0.269. The highest BCUT2D eigenvalue weighted by Gasteiger charge is 2.16. The Hall–Kier alpha value is -0.810. The first-order valence-corrected chi connectivity index (χ1v) is 5.24. The van der Waals surface area contributed by atoms with E-state index in [1.165, 1.54) is 0 Å². The van der Waals surface area contributed by atoms with E-state index in [1.807, 2.05) is 0 Å². The van der Waals surface area contributed by atoms with Crippen molar-refractivity contribution in [1.29, 1.82) is 0 Å². The van der Waals surface area contributed by atoms with E-state index in [2.05, 4.69) is 30.8 Å². The highest BCUT2D eigenvalue weighted by Crippen LogP contribution is 2.06. The Bertz CT molecular complexity index is 195. The Kier molecular flexibility index (Phi) is 7.07. The van der Waals surface area contributed by atoms with E-state index in [1.54, 1.807) is 7.11 Å². The van der Waals surface area contributed by atoms with Crippen LogP contribution in [0, 0.1) is 0 Å². The van der Waals surface area contributed by atoms with Crippen LogP contribution in [0.2, 0.25) is 0 Å². The lowest BCUT2D eigenvalue weighted by Gasteiger charge is -2.32. The number of oxime groups is 1. The first-order valence-electron chi connectivity index (χ1n) is 5.24. The van der Waals surface area contributed by atoms with Crippen LogP contribution in [-0.4, -0.2) is 48.3 Å². The summed E-state index contributed by atoms with van der Waals surface area (Å²) in [5, 5.41) is 11.4. The first kappa shape index (κ1) is 14.2. The van der Waals surface area contributed by atoms with E-state index < -0.39 is 0 Å². The third kappa shape index (κ3) is 5.59. The van der Waals surface area contributed by atoms with Gasteiger partial charge in [-0.2, -0.15) is 0 Å². The summed E-state index contributed by atoms with van der Waals surface area (Å²) in [6.45, 7) is 7.82. The van der Waals surface area contributed by atoms with Gasteiger partial charge in [-0.3, -0.25) is 4.90 Å². The van der Waals surface area contributed by atoms with E-state index in [9.17, 15) is 0 Å². The average molecular weight is 217 g/mol. The van der Waals surface area contributed by atoms with Crippen LogP contribution in [0.1, 0.15) is 27.2 Å². The third-order valence-electron chi connectivity index (χ3n) is 2.39. The van der Waals surface area contributed by atoms with Gasteiger partial charge in [0.15, 0.2) is 0 Å². The quantitative estimate of drug-likeness (QED) is 0.287. The number of amidine groups is 1. The van der Waals surface area contributed by atoms with Crippen LogP contribution in [0.4, 0.5) is 0 Å². The lowest BCUT2D eigenvalue weighted by molar-refractivity contribution is 0.0812. The monoisotopic (exact) mass is 217 g/mol. The number of rotatable bonds is 7. The lowest BCUT2D eigenvalue weighted by atomic mass is 10.2. The fourth-order valence-corrected chi connectivity index (χ4v) is 1.62. The molecule has 0 fully saturated rings. The molecule has 15 heavy (non-hydrogen) atoms. The van der Waals surface area contributed by atoms with Crippen LogP contribution in [0.25, 0.3) is 0 Å². The number of hydrogen-bond donors (Lipinski definition) is 2. The van der Waals surface area contributed by atoms with Gasteiger partial charge in [0.2, 0.25) is 0 Å². The predicted octanol–water partition coefficient (Wildman–Crippen LogP) is 0.868. The topological polar surface area (TPSA) is 71.1 Å². The summed E-state index contributed by atoms with van der Waals surface area (Å²) < 4.78 is 5.12. The smallest absolute Gasteiger partial charge is 0.140 e. The van der Waals surface area contributed by atoms with Gasteiger partial charge >= 0.3 is 0 Å². The van der Waals surface area contributed by atoms with E-state index in [4.69, 9.17) is 15.7 Å². The molecule has 0 bridgehead atoms. The molecule has 1 atom stereocenters. The van der Waals surface area contributed by atoms with E-state index >= 15 is 0 Å². The minimum Gasteiger partial charge on any atom is -0.409 e. The molecule has 0 radical (unpaired) electrons. The van der Waals surface area contributed by atoms with Crippen LogP contribution < -0.4 is 5.73 Å². The zero-order valence-corrected chi connectivity index (χ0v) is 10.1. The molecular formula is C10H23N3O2. The normalized spacial score (nSPS) is 14.9. The summed E-state index contributed by atoms with van der Waals surface area (Å²) >= 11 is 0. The van der Waals surface area contributed by atoms with Crippen LogP contribution in [0.3, 0.4) is 0 Å². The zero-order valence-electron chi connectivity index (χ0n) is 10.1. The summed E-state index contributed by atoms with van der Waals surface area (Å²) in [5.41, 5.74) is 5.44. The summed E-state index contributed by atoms with van der Waals surface area (Å²) in [6, 6.07) is 0.753. The van der Waals surface area contributed by atoms with E-state index in [0.29, 0.717) is 25.1 Å². The molecule has 5 nitrogen and oxygen atoms in total. The standard InChI is InChI=1S/C10H23N3O2/c1-8(2)13(9(3)7-15-4)6-5-10(11)12-14/h8-9,14H,5-7H2,1-4H3,(H2,11,12). The Morgan fingerprint density at radius 3 is 2.47 bits per heavy atom. The Labute approximate surface area is 91.9 Å². The molecule has 3 N–H and O–H groups in total. The van der Waals surface area contributed by atoms with Crippen molar-refractivity contribution in [3.8, 4) is 0 Å². The third-order valence-corrected chi connectivity index (χ3v) is 2.39. The van der Waals surface area contributed by atoms with E-state index in [0.717, 1.165) is 6.54 Å². The van der Waals surface area contributed by atoms with Crippen molar-refractivity contribution >= 4 is 5.84 Å². The van der Waals surface area contributed by atoms with Gasteiger partial charge in [0.05, 0.1) is 6.61 Å². The highest BCUT2D eigenvalue weighted by molar-refractivity contribution is 5.79. The fraction of sp³-hybridized carbons (Fsp3) is 0.900. The van der Waals surface area contributed by atoms with Crippen molar-refractivity contribution in [3.05, 3.63) is 0 Å². The number of ether oxygens (including phenoxy) is 1. The summed E-state index contributed by atoms with van der Waals surface area (Å²) in [7, 11) is 1.69. The molecular weight excluding hydrogens is 194 g/mol. The number of methoxy groups -OCH3 is 1. The molecule has 0 rings (SSSR count). The Morgan fingerprint density at radius 2 is 2.07 bits per heavy atom. The molecule has 1 unspecified atom stereocenters. The predicted molar refractivity (Wildman–Crippen MR) is 61.2 cm³/mol. The second kappa shape index (κ2) is 7.48. The Morgan fingerprint density at radius 1 is 1.47 bits per heavy atom. The number of hydrogen-bond acceptors (Lipinski definition) is 4. The van der Waals surface area contributed by atoms with Crippen molar-refractivity contribution in [3.63, 3.8) is 0 Å². The maximum absolute atomic E-state index is 8.45. The van der Waals surface area contributed by atoms with Crippen molar-refractivity contribution in [2.24, 2.45) is 10.9 Å². The first-order chi connectivity index (χ1) is 7.02. The zero-order chi connectivity index (χ0) is 11.8. The molecule has 0 amide bonds. The molecule has 0 saturated heterocycles. The molecule has 0 saturated carbocycles. The second-order valence-electron chi connectivity index (χ2n) is 3.98. The van der Waals surface area contributed by atoms with Crippen molar-refractivity contribution in [2.45, 2.75) is 39.3 Å². The molecule has 5 heteroatoms. The maximum Gasteiger partial charge on any atom is 0.140 e. The van der Waals surface area contributed by atoms with Gasteiger partial charge in [0.25, 0.3) is 0 Å². The molecule has 0 aromatic carbocycles. The summed E-state index contributed by atoms with van der Waals surface area (Å²) in [5.74, 6) is 0.269. The molecule has 0 aliphatic carbocycles. The van der Waals surface area contributed by atoms with Gasteiger partial charge in [0.1, 0.15) is 5.84 Å². The van der Waals surface area contributed by atoms with Gasteiger partial charge in [0, 0.05) is 32.2 Å². The SMILES string of the molecule is COCC(C)N(CCC(N)=NO)C(C)C. The summed E-state index contributed by atoms with van der Waals surface area (Å²) in [6.07, 6.45) is 0.572. The number of nitrogens with zero attached hydrogens (tertiary/aromatic N) is 2. The molecule has 90 valence electrons. The second-order valence-corrected chi connectivity index (χ2v) is 3.98. The van der Waals surface area contributed by atoms with Crippen molar-refractivity contribution < 1.29 is 9.94 Å². The minimum absolute atomic E-state index is 0.269. The van der Waals surface area contributed by atoms with Gasteiger partial charge in [-0.1, -0.05) is 5.16 Å². The molecule has 0 aliphatic heterocycles. The largest absolute Gasteiger partial charge is 0.409 e. The highest BCUT2D eigenvalue weighted by atomic mass is 16.5. The molecule has 0 aromatic heterocycles. The average Bonchev–Trinajstić information content (AvgIpc) is 2.17. The fourth-order valence-electron chi connectivity index (χ4n) is 1.62. The van der Waals surface area contributed by atoms with Crippen LogP contribution >= 0.6 is 0 Å². The molecule has 0 heterocycles. The van der Waals surface area contributed by atoms with Gasteiger partial charge in [-0.05, 0) is 20.8 Å². The van der Waals surface area contributed by atoms with Gasteiger partial charge < -0.3 is 15.7 Å². The number of nitrogens with two attached hydrogens (primary N) is 1. The molecule has 0 aliphatic rings. The van der Waals surface area contributed by atoms with Crippen LogP contribution in [-0.2, 0) is 4.74 Å². The molecule has 0 aromatic rings. The van der Waals surface area contributed by atoms with Crippen molar-refractivity contribution in [1.82, 2.24) is 4.90 Å². The van der Waals surface area contributed by atoms with Crippen molar-refractivity contribution in [2.75, 3.05) is 20.3 Å². The van der Waals surface area contributed by atoms with Crippen LogP contribution in [0.5, 0.6) is 0 Å². The van der Waals surface area contributed by atoms with Gasteiger partial charge in [-0.25, -0.2) is 0 Å². The van der Waals surface area contributed by atoms with E-state index in [-0.39, 0.29) is 5.84 Å². The summed E-state index contributed by atoms with van der Waals surface area (Å²) in [4.78, 5) is 2.27. The lowest BCUT2D eigenvalue weighted by Crippen LogP contribution is -2.42. The van der Waals surface area contributed by atoms with Gasteiger partial charge in [-0.15, -0.1) is 0 Å².